The fourth-order valence-electron chi connectivity index (χ4n) is 2.74. The van der Waals surface area contributed by atoms with Crippen LogP contribution in [0.15, 0.2) is 36.4 Å². The van der Waals surface area contributed by atoms with Gasteiger partial charge in [-0.3, -0.25) is 4.90 Å². The van der Waals surface area contributed by atoms with Gasteiger partial charge in [-0.15, -0.1) is 0 Å². The van der Waals surface area contributed by atoms with Gasteiger partial charge in [-0.2, -0.15) is 0 Å². The van der Waals surface area contributed by atoms with Gasteiger partial charge in [0.15, 0.2) is 0 Å². The Bertz CT molecular complexity index is 640. The highest BCUT2D eigenvalue weighted by molar-refractivity contribution is 6.30. The smallest absolute Gasteiger partial charge is 0.215 e. The Kier molecular flexibility index (Phi) is 5.36. The SMILES string of the molecule is COc1ccc(-c2cc(Cl)cc(OCCN3CCCC3)n2)cc1. The standard InChI is InChI=1S/C18H21ClN2O2/c1-22-16-6-4-14(5-7-16)17-12-15(19)13-18(20-17)23-11-10-21-8-2-3-9-21/h4-7,12-13H,2-3,8-11H2,1H3. The molecule has 3 rings (SSSR count). The predicted molar refractivity (Wildman–Crippen MR) is 92.4 cm³/mol. The summed E-state index contributed by atoms with van der Waals surface area (Å²) in [7, 11) is 1.65. The second kappa shape index (κ2) is 7.66. The van der Waals surface area contributed by atoms with E-state index in [2.05, 4.69) is 9.88 Å². The van der Waals surface area contributed by atoms with Crippen LogP contribution < -0.4 is 9.47 Å². The van der Waals surface area contributed by atoms with Crippen molar-refractivity contribution in [1.82, 2.24) is 9.88 Å². The lowest BCUT2D eigenvalue weighted by atomic mass is 10.1. The molecule has 1 saturated heterocycles. The molecular formula is C18H21ClN2O2. The van der Waals surface area contributed by atoms with E-state index in [9.17, 15) is 0 Å². The molecule has 0 amide bonds. The molecule has 5 heteroatoms. The summed E-state index contributed by atoms with van der Waals surface area (Å²) in [6.45, 7) is 3.91. The van der Waals surface area contributed by atoms with Gasteiger partial charge in [-0.1, -0.05) is 11.6 Å². The minimum absolute atomic E-state index is 0.572. The van der Waals surface area contributed by atoms with Crippen LogP contribution in [0.25, 0.3) is 11.3 Å². The summed E-state index contributed by atoms with van der Waals surface area (Å²) in [5.41, 5.74) is 1.79. The molecule has 4 nitrogen and oxygen atoms in total. The second-order valence-electron chi connectivity index (χ2n) is 5.63. The van der Waals surface area contributed by atoms with E-state index < -0.39 is 0 Å². The number of hydrogen-bond acceptors (Lipinski definition) is 4. The first kappa shape index (κ1) is 16.1. The molecule has 0 atom stereocenters. The lowest BCUT2D eigenvalue weighted by molar-refractivity contribution is 0.232. The van der Waals surface area contributed by atoms with E-state index in [1.807, 2.05) is 30.3 Å². The van der Waals surface area contributed by atoms with Gasteiger partial charge in [-0.25, -0.2) is 4.98 Å². The summed E-state index contributed by atoms with van der Waals surface area (Å²) >= 11 is 6.21. The third kappa shape index (κ3) is 4.36. The van der Waals surface area contributed by atoms with E-state index in [0.717, 1.165) is 23.6 Å². The van der Waals surface area contributed by atoms with E-state index in [1.165, 1.54) is 25.9 Å². The molecule has 0 spiro atoms. The summed E-state index contributed by atoms with van der Waals surface area (Å²) in [6, 6.07) is 11.4. The lowest BCUT2D eigenvalue weighted by Crippen LogP contribution is -2.25. The molecule has 0 saturated carbocycles. The topological polar surface area (TPSA) is 34.6 Å². The lowest BCUT2D eigenvalue weighted by Gasteiger charge is -2.15. The van der Waals surface area contributed by atoms with Crippen molar-refractivity contribution in [3.63, 3.8) is 0 Å². The maximum Gasteiger partial charge on any atom is 0.215 e. The van der Waals surface area contributed by atoms with Crippen LogP contribution in [-0.2, 0) is 0 Å². The molecule has 23 heavy (non-hydrogen) atoms. The van der Waals surface area contributed by atoms with Gasteiger partial charge < -0.3 is 9.47 Å². The molecule has 1 aliphatic rings. The minimum Gasteiger partial charge on any atom is -0.497 e. The maximum atomic E-state index is 6.21. The first-order valence-corrected chi connectivity index (χ1v) is 8.29. The number of aromatic nitrogens is 1. The molecule has 0 aliphatic carbocycles. The largest absolute Gasteiger partial charge is 0.497 e. The summed E-state index contributed by atoms with van der Waals surface area (Å²) in [5.74, 6) is 1.39. The van der Waals surface area contributed by atoms with Crippen LogP contribution in [0.1, 0.15) is 12.8 Å². The van der Waals surface area contributed by atoms with Crippen molar-refractivity contribution in [3.05, 3.63) is 41.4 Å². The Morgan fingerprint density at radius 1 is 1.13 bits per heavy atom. The number of hydrogen-bond donors (Lipinski definition) is 0. The first-order valence-electron chi connectivity index (χ1n) is 7.92. The highest BCUT2D eigenvalue weighted by atomic mass is 35.5. The fraction of sp³-hybridized carbons (Fsp3) is 0.389. The van der Waals surface area contributed by atoms with Crippen LogP contribution in [-0.4, -0.2) is 43.2 Å². The van der Waals surface area contributed by atoms with E-state index in [1.54, 1.807) is 13.2 Å². The van der Waals surface area contributed by atoms with Crippen LogP contribution in [0.3, 0.4) is 0 Å². The molecule has 1 aromatic carbocycles. The number of ether oxygens (including phenoxy) is 2. The van der Waals surface area contributed by atoms with Crippen molar-refractivity contribution in [2.24, 2.45) is 0 Å². The minimum atomic E-state index is 0.572. The summed E-state index contributed by atoms with van der Waals surface area (Å²) in [5, 5.41) is 0.627. The monoisotopic (exact) mass is 332 g/mol. The number of rotatable bonds is 6. The number of pyridine rings is 1. The molecule has 2 heterocycles. The molecule has 1 aliphatic heterocycles. The Labute approximate surface area is 142 Å². The third-order valence-electron chi connectivity index (χ3n) is 4.01. The summed E-state index contributed by atoms with van der Waals surface area (Å²) in [6.07, 6.45) is 2.58. The molecule has 1 aromatic heterocycles. The number of likely N-dealkylation sites (tertiary alicyclic amines) is 1. The van der Waals surface area contributed by atoms with Gasteiger partial charge in [0.2, 0.25) is 5.88 Å². The van der Waals surface area contributed by atoms with Gasteiger partial charge in [0.05, 0.1) is 12.8 Å². The average Bonchev–Trinajstić information content (AvgIpc) is 3.08. The summed E-state index contributed by atoms with van der Waals surface area (Å²) < 4.78 is 11.0. The zero-order chi connectivity index (χ0) is 16.1. The van der Waals surface area contributed by atoms with Crippen LogP contribution in [0.4, 0.5) is 0 Å². The Balaban J connectivity index is 1.67. The first-order chi connectivity index (χ1) is 11.2. The molecular weight excluding hydrogens is 312 g/mol. The van der Waals surface area contributed by atoms with Crippen molar-refractivity contribution in [2.45, 2.75) is 12.8 Å². The van der Waals surface area contributed by atoms with Gasteiger partial charge in [0, 0.05) is 23.2 Å². The zero-order valence-corrected chi connectivity index (χ0v) is 14.1. The average molecular weight is 333 g/mol. The number of benzene rings is 1. The van der Waals surface area contributed by atoms with Crippen molar-refractivity contribution >= 4 is 11.6 Å². The van der Waals surface area contributed by atoms with Gasteiger partial charge in [0.25, 0.3) is 0 Å². The van der Waals surface area contributed by atoms with Crippen molar-refractivity contribution in [3.8, 4) is 22.9 Å². The van der Waals surface area contributed by atoms with Crippen molar-refractivity contribution in [1.29, 1.82) is 0 Å². The summed E-state index contributed by atoms with van der Waals surface area (Å²) in [4.78, 5) is 6.97. The molecule has 0 radical (unpaired) electrons. The Hall–Kier alpha value is -1.78. The third-order valence-corrected chi connectivity index (χ3v) is 4.23. The van der Waals surface area contributed by atoms with Crippen LogP contribution in [0, 0.1) is 0 Å². The van der Waals surface area contributed by atoms with Gasteiger partial charge in [0.1, 0.15) is 12.4 Å². The highest BCUT2D eigenvalue weighted by Gasteiger charge is 2.11. The van der Waals surface area contributed by atoms with Crippen LogP contribution in [0.2, 0.25) is 5.02 Å². The second-order valence-corrected chi connectivity index (χ2v) is 6.07. The predicted octanol–water partition coefficient (Wildman–Crippen LogP) is 3.89. The number of halogens is 1. The van der Waals surface area contributed by atoms with E-state index >= 15 is 0 Å². The maximum absolute atomic E-state index is 6.21. The highest BCUT2D eigenvalue weighted by Crippen LogP contribution is 2.26. The molecule has 0 unspecified atom stereocenters. The van der Waals surface area contributed by atoms with Crippen LogP contribution in [0.5, 0.6) is 11.6 Å². The molecule has 0 N–H and O–H groups in total. The van der Waals surface area contributed by atoms with Crippen molar-refractivity contribution < 1.29 is 9.47 Å². The Morgan fingerprint density at radius 2 is 1.87 bits per heavy atom. The van der Waals surface area contributed by atoms with Crippen LogP contribution >= 0.6 is 11.6 Å². The normalized spacial score (nSPS) is 14.9. The molecule has 0 bridgehead atoms. The molecule has 1 fully saturated rings. The fourth-order valence-corrected chi connectivity index (χ4v) is 2.94. The molecule has 2 aromatic rings. The van der Waals surface area contributed by atoms with Crippen molar-refractivity contribution in [2.75, 3.05) is 33.4 Å². The van der Waals surface area contributed by atoms with E-state index in [4.69, 9.17) is 21.1 Å². The van der Waals surface area contributed by atoms with Gasteiger partial charge in [-0.05, 0) is 56.3 Å². The van der Waals surface area contributed by atoms with E-state index in [-0.39, 0.29) is 0 Å². The molecule has 122 valence electrons. The quantitative estimate of drug-likeness (QED) is 0.804. The van der Waals surface area contributed by atoms with Gasteiger partial charge >= 0.3 is 0 Å². The van der Waals surface area contributed by atoms with E-state index in [0.29, 0.717) is 17.5 Å². The number of nitrogens with zero attached hydrogens (tertiary/aromatic N) is 2. The Morgan fingerprint density at radius 3 is 2.57 bits per heavy atom. The zero-order valence-electron chi connectivity index (χ0n) is 13.3. The number of methoxy groups -OCH3 is 1.